The van der Waals surface area contributed by atoms with E-state index in [2.05, 4.69) is 10.6 Å². The number of nitrogens with one attached hydrogen (secondary N) is 2. The topological polar surface area (TPSA) is 78.4 Å². The first-order chi connectivity index (χ1) is 8.49. The van der Waals surface area contributed by atoms with E-state index in [0.29, 0.717) is 19.4 Å². The van der Waals surface area contributed by atoms with Gasteiger partial charge in [-0.2, -0.15) is 0 Å². The summed E-state index contributed by atoms with van der Waals surface area (Å²) in [6.45, 7) is 3.36. The maximum atomic E-state index is 12.3. The van der Waals surface area contributed by atoms with Crippen molar-refractivity contribution < 1.29 is 14.7 Å². The summed E-state index contributed by atoms with van der Waals surface area (Å²) in [7, 11) is 0. The quantitative estimate of drug-likeness (QED) is 0.699. The zero-order valence-corrected chi connectivity index (χ0v) is 10.9. The van der Waals surface area contributed by atoms with Crippen LogP contribution in [0.15, 0.2) is 0 Å². The third kappa shape index (κ3) is 2.36. The number of carbonyl (C=O) groups excluding carboxylic acids is 1. The number of hydrogen-bond acceptors (Lipinski definition) is 3. The van der Waals surface area contributed by atoms with Crippen LogP contribution in [0.2, 0.25) is 0 Å². The van der Waals surface area contributed by atoms with E-state index >= 15 is 0 Å². The lowest BCUT2D eigenvalue weighted by atomic mass is 9.79. The SMILES string of the molecule is CC1(C(=O)NC2(C(=O)O)CCCCC2)CCNC1. The molecule has 2 fully saturated rings. The Morgan fingerprint density at radius 2 is 1.83 bits per heavy atom. The Labute approximate surface area is 107 Å². The molecule has 102 valence electrons. The Morgan fingerprint density at radius 3 is 2.33 bits per heavy atom. The lowest BCUT2D eigenvalue weighted by Crippen LogP contribution is -2.59. The van der Waals surface area contributed by atoms with Gasteiger partial charge < -0.3 is 15.7 Å². The molecule has 2 aliphatic rings. The number of carboxylic acid groups (broad SMARTS) is 1. The Bertz CT molecular complexity index is 342. The molecular weight excluding hydrogens is 232 g/mol. The summed E-state index contributed by atoms with van der Waals surface area (Å²) < 4.78 is 0. The second kappa shape index (κ2) is 4.88. The van der Waals surface area contributed by atoms with E-state index < -0.39 is 16.9 Å². The average Bonchev–Trinajstić information content (AvgIpc) is 2.78. The van der Waals surface area contributed by atoms with Crippen LogP contribution in [0, 0.1) is 5.41 Å². The smallest absolute Gasteiger partial charge is 0.329 e. The molecule has 1 unspecified atom stereocenters. The lowest BCUT2D eigenvalue weighted by molar-refractivity contribution is -0.151. The van der Waals surface area contributed by atoms with E-state index in [1.807, 2.05) is 6.92 Å². The summed E-state index contributed by atoms with van der Waals surface area (Å²) in [4.78, 5) is 23.8. The molecule has 0 radical (unpaired) electrons. The Morgan fingerprint density at radius 1 is 1.17 bits per heavy atom. The highest BCUT2D eigenvalue weighted by molar-refractivity contribution is 5.90. The van der Waals surface area contributed by atoms with E-state index in [4.69, 9.17) is 0 Å². The van der Waals surface area contributed by atoms with Gasteiger partial charge in [0.15, 0.2) is 0 Å². The number of hydrogen-bond donors (Lipinski definition) is 3. The van der Waals surface area contributed by atoms with Crippen molar-refractivity contribution in [3.8, 4) is 0 Å². The fourth-order valence-electron chi connectivity index (χ4n) is 2.93. The summed E-state index contributed by atoms with van der Waals surface area (Å²) in [5, 5.41) is 15.4. The maximum absolute atomic E-state index is 12.3. The van der Waals surface area contributed by atoms with E-state index in [1.54, 1.807) is 0 Å². The molecule has 1 atom stereocenters. The van der Waals surface area contributed by atoms with Crippen molar-refractivity contribution in [3.05, 3.63) is 0 Å². The standard InChI is InChI=1S/C13H22N2O3/c1-12(7-8-14-9-12)10(16)15-13(11(17)18)5-3-2-4-6-13/h14H,2-9H2,1H3,(H,15,16)(H,17,18). The average molecular weight is 254 g/mol. The molecule has 1 aliphatic carbocycles. The zero-order chi connectivity index (χ0) is 13.2. The maximum Gasteiger partial charge on any atom is 0.329 e. The number of carbonyl (C=O) groups is 2. The minimum absolute atomic E-state index is 0.114. The Balaban J connectivity index is 2.09. The van der Waals surface area contributed by atoms with Crippen molar-refractivity contribution in [1.82, 2.24) is 10.6 Å². The van der Waals surface area contributed by atoms with Gasteiger partial charge >= 0.3 is 5.97 Å². The first-order valence-corrected chi connectivity index (χ1v) is 6.75. The number of rotatable bonds is 3. The minimum atomic E-state index is -1.03. The fraction of sp³-hybridized carbons (Fsp3) is 0.846. The molecule has 1 amide bonds. The normalized spacial score (nSPS) is 30.9. The van der Waals surface area contributed by atoms with E-state index in [-0.39, 0.29) is 5.91 Å². The molecule has 1 saturated heterocycles. The molecule has 5 nitrogen and oxygen atoms in total. The molecule has 2 rings (SSSR count). The van der Waals surface area contributed by atoms with Gasteiger partial charge in [-0.3, -0.25) is 4.79 Å². The second-order valence-electron chi connectivity index (χ2n) is 5.89. The molecule has 1 heterocycles. The summed E-state index contributed by atoms with van der Waals surface area (Å²) in [5.41, 5.74) is -1.49. The predicted octanol–water partition coefficient (Wildman–Crippen LogP) is 0.890. The van der Waals surface area contributed by atoms with E-state index in [0.717, 1.165) is 32.2 Å². The highest BCUT2D eigenvalue weighted by atomic mass is 16.4. The number of amides is 1. The van der Waals surface area contributed by atoms with Crippen LogP contribution in [0.4, 0.5) is 0 Å². The van der Waals surface area contributed by atoms with Crippen molar-refractivity contribution >= 4 is 11.9 Å². The molecule has 18 heavy (non-hydrogen) atoms. The summed E-state index contributed by atoms with van der Waals surface area (Å²) in [6.07, 6.45) is 4.69. The van der Waals surface area contributed by atoms with Gasteiger partial charge in [0.05, 0.1) is 5.41 Å². The third-order valence-electron chi connectivity index (χ3n) is 4.39. The highest BCUT2D eigenvalue weighted by Gasteiger charge is 2.45. The molecule has 0 spiro atoms. The predicted molar refractivity (Wildman–Crippen MR) is 67.2 cm³/mol. The van der Waals surface area contributed by atoms with Crippen molar-refractivity contribution in [2.75, 3.05) is 13.1 Å². The van der Waals surface area contributed by atoms with Crippen LogP contribution < -0.4 is 10.6 Å². The van der Waals surface area contributed by atoms with Gasteiger partial charge in [-0.15, -0.1) is 0 Å². The Hall–Kier alpha value is -1.10. The molecule has 0 aromatic rings. The summed E-state index contributed by atoms with van der Waals surface area (Å²) in [6, 6.07) is 0. The third-order valence-corrected chi connectivity index (χ3v) is 4.39. The van der Waals surface area contributed by atoms with Crippen molar-refractivity contribution in [1.29, 1.82) is 0 Å². The van der Waals surface area contributed by atoms with Crippen molar-refractivity contribution in [3.63, 3.8) is 0 Å². The van der Waals surface area contributed by atoms with Crippen LogP contribution in [-0.4, -0.2) is 35.6 Å². The van der Waals surface area contributed by atoms with Gasteiger partial charge in [0.1, 0.15) is 5.54 Å². The molecular formula is C13H22N2O3. The lowest BCUT2D eigenvalue weighted by Gasteiger charge is -2.36. The van der Waals surface area contributed by atoms with Gasteiger partial charge in [0.2, 0.25) is 5.91 Å². The molecule has 0 aromatic heterocycles. The van der Waals surface area contributed by atoms with Gasteiger partial charge in [0, 0.05) is 6.54 Å². The molecule has 0 bridgehead atoms. The van der Waals surface area contributed by atoms with Crippen LogP contribution in [-0.2, 0) is 9.59 Å². The molecule has 5 heteroatoms. The highest BCUT2D eigenvalue weighted by Crippen LogP contribution is 2.31. The fourth-order valence-corrected chi connectivity index (χ4v) is 2.93. The molecule has 1 saturated carbocycles. The Kier molecular flexibility index (Phi) is 3.61. The molecule has 0 aromatic carbocycles. The van der Waals surface area contributed by atoms with Crippen LogP contribution in [0.3, 0.4) is 0 Å². The first kappa shape index (κ1) is 13.3. The molecule has 3 N–H and O–H groups in total. The largest absolute Gasteiger partial charge is 0.480 e. The summed E-state index contributed by atoms with van der Waals surface area (Å²) in [5.74, 6) is -0.998. The van der Waals surface area contributed by atoms with Crippen LogP contribution in [0.5, 0.6) is 0 Å². The van der Waals surface area contributed by atoms with Crippen LogP contribution >= 0.6 is 0 Å². The molecule has 1 aliphatic heterocycles. The van der Waals surface area contributed by atoms with Gasteiger partial charge in [0.25, 0.3) is 0 Å². The van der Waals surface area contributed by atoms with Crippen LogP contribution in [0.25, 0.3) is 0 Å². The summed E-state index contributed by atoms with van der Waals surface area (Å²) >= 11 is 0. The zero-order valence-electron chi connectivity index (χ0n) is 10.9. The van der Waals surface area contributed by atoms with E-state index in [9.17, 15) is 14.7 Å². The minimum Gasteiger partial charge on any atom is -0.480 e. The van der Waals surface area contributed by atoms with Gasteiger partial charge in [-0.1, -0.05) is 19.3 Å². The van der Waals surface area contributed by atoms with Crippen molar-refractivity contribution in [2.45, 2.75) is 51.0 Å². The van der Waals surface area contributed by atoms with Gasteiger partial charge in [-0.25, -0.2) is 4.79 Å². The number of carboxylic acids is 1. The first-order valence-electron chi connectivity index (χ1n) is 6.75. The monoisotopic (exact) mass is 254 g/mol. The second-order valence-corrected chi connectivity index (χ2v) is 5.89. The van der Waals surface area contributed by atoms with Crippen LogP contribution in [0.1, 0.15) is 45.4 Å². The van der Waals surface area contributed by atoms with Crippen molar-refractivity contribution in [2.24, 2.45) is 5.41 Å². The number of aliphatic carboxylic acids is 1. The van der Waals surface area contributed by atoms with Gasteiger partial charge in [-0.05, 0) is 32.7 Å². The van der Waals surface area contributed by atoms with E-state index in [1.165, 1.54) is 0 Å².